The lowest BCUT2D eigenvalue weighted by atomic mass is 9.86. The summed E-state index contributed by atoms with van der Waals surface area (Å²) in [4.78, 5) is 10.5. The number of halogens is 1. The fourth-order valence-corrected chi connectivity index (χ4v) is 2.45. The van der Waals surface area contributed by atoms with Gasteiger partial charge in [0.2, 0.25) is 0 Å². The Morgan fingerprint density at radius 3 is 2.88 bits per heavy atom. The van der Waals surface area contributed by atoms with Gasteiger partial charge in [0, 0.05) is 6.42 Å². The first-order valence-electron chi connectivity index (χ1n) is 5.97. The Kier molecular flexibility index (Phi) is 3.37. The van der Waals surface area contributed by atoms with E-state index in [4.69, 9.17) is 0 Å². The summed E-state index contributed by atoms with van der Waals surface area (Å²) in [6.45, 7) is 1.90. The Bertz CT molecular complexity index is 398. The van der Waals surface area contributed by atoms with E-state index in [0.717, 1.165) is 43.1 Å². The van der Waals surface area contributed by atoms with Gasteiger partial charge in [-0.05, 0) is 48.3 Å². The Morgan fingerprint density at radius 1 is 1.38 bits per heavy atom. The summed E-state index contributed by atoms with van der Waals surface area (Å²) in [5.41, 5.74) is 2.75. The first-order chi connectivity index (χ1) is 7.74. The highest BCUT2D eigenvalue weighted by molar-refractivity contribution is 5.52. The maximum absolute atomic E-state index is 14.2. The van der Waals surface area contributed by atoms with Gasteiger partial charge in [-0.1, -0.05) is 19.1 Å². The number of aldehydes is 1. The molecule has 1 atom stereocenters. The summed E-state index contributed by atoms with van der Waals surface area (Å²) in [6, 6.07) is 3.89. The van der Waals surface area contributed by atoms with Crippen molar-refractivity contribution in [3.05, 3.63) is 34.6 Å². The second-order valence-corrected chi connectivity index (χ2v) is 4.62. The molecule has 0 amide bonds. The van der Waals surface area contributed by atoms with Crippen molar-refractivity contribution in [2.45, 2.75) is 44.9 Å². The third-order valence-electron chi connectivity index (χ3n) is 3.47. The topological polar surface area (TPSA) is 17.1 Å². The summed E-state index contributed by atoms with van der Waals surface area (Å²) in [7, 11) is 0. The first kappa shape index (κ1) is 11.3. The van der Waals surface area contributed by atoms with Gasteiger partial charge in [-0.25, -0.2) is 4.39 Å². The molecule has 1 unspecified atom stereocenters. The summed E-state index contributed by atoms with van der Waals surface area (Å²) in [5.74, 6) is -0.0729. The van der Waals surface area contributed by atoms with Crippen molar-refractivity contribution in [2.24, 2.45) is 0 Å². The molecule has 0 radical (unpaired) electrons. The van der Waals surface area contributed by atoms with E-state index in [1.807, 2.05) is 19.1 Å². The molecule has 1 aliphatic carbocycles. The molecule has 0 fully saturated rings. The van der Waals surface area contributed by atoms with Gasteiger partial charge in [0.05, 0.1) is 0 Å². The number of carbonyl (C=O) groups excluding carboxylic acids is 1. The quantitative estimate of drug-likeness (QED) is 0.713. The van der Waals surface area contributed by atoms with Crippen LogP contribution in [0.3, 0.4) is 0 Å². The Hall–Kier alpha value is -1.18. The van der Waals surface area contributed by atoms with Crippen LogP contribution in [0.2, 0.25) is 0 Å². The normalized spacial score (nSPS) is 16.6. The van der Waals surface area contributed by atoms with Crippen molar-refractivity contribution in [3.63, 3.8) is 0 Å². The number of carbonyl (C=O) groups is 1. The van der Waals surface area contributed by atoms with Crippen molar-refractivity contribution in [1.29, 1.82) is 0 Å². The molecule has 0 spiro atoms. The third kappa shape index (κ3) is 2.01. The highest BCUT2D eigenvalue weighted by atomic mass is 19.1. The second kappa shape index (κ2) is 4.77. The number of rotatable bonds is 3. The highest BCUT2D eigenvalue weighted by Crippen LogP contribution is 2.30. The fraction of sp³-hybridized carbons (Fsp3) is 0.500. The van der Waals surface area contributed by atoms with Crippen molar-refractivity contribution >= 4 is 6.29 Å². The molecule has 16 heavy (non-hydrogen) atoms. The van der Waals surface area contributed by atoms with Crippen LogP contribution >= 0.6 is 0 Å². The van der Waals surface area contributed by atoms with E-state index in [2.05, 4.69) is 0 Å². The maximum Gasteiger partial charge on any atom is 0.130 e. The first-order valence-corrected chi connectivity index (χ1v) is 5.97. The second-order valence-electron chi connectivity index (χ2n) is 4.62. The lowest BCUT2D eigenvalue weighted by molar-refractivity contribution is -0.108. The van der Waals surface area contributed by atoms with Crippen LogP contribution in [0.15, 0.2) is 12.1 Å². The fourth-order valence-electron chi connectivity index (χ4n) is 2.45. The van der Waals surface area contributed by atoms with Crippen LogP contribution in [-0.2, 0) is 17.6 Å². The average Bonchev–Trinajstić information content (AvgIpc) is 2.30. The predicted molar refractivity (Wildman–Crippen MR) is 62.1 cm³/mol. The van der Waals surface area contributed by atoms with Crippen LogP contribution < -0.4 is 0 Å². The number of hydrogen-bond acceptors (Lipinski definition) is 1. The summed E-state index contributed by atoms with van der Waals surface area (Å²) >= 11 is 0. The average molecular weight is 220 g/mol. The summed E-state index contributed by atoms with van der Waals surface area (Å²) < 4.78 is 14.2. The van der Waals surface area contributed by atoms with E-state index in [9.17, 15) is 9.18 Å². The zero-order valence-corrected chi connectivity index (χ0v) is 9.63. The van der Waals surface area contributed by atoms with Gasteiger partial charge in [0.1, 0.15) is 12.1 Å². The van der Waals surface area contributed by atoms with E-state index in [1.165, 1.54) is 0 Å². The number of fused-ring (bicyclic) bond motifs is 1. The molecule has 2 rings (SSSR count). The minimum absolute atomic E-state index is 0.00951. The third-order valence-corrected chi connectivity index (χ3v) is 3.47. The molecule has 1 aromatic carbocycles. The molecule has 1 nitrogen and oxygen atoms in total. The molecular weight excluding hydrogens is 203 g/mol. The molecule has 0 saturated carbocycles. The lowest BCUT2D eigenvalue weighted by Gasteiger charge is -2.20. The Labute approximate surface area is 95.7 Å². The highest BCUT2D eigenvalue weighted by Gasteiger charge is 2.19. The molecule has 0 aliphatic heterocycles. The number of hydrogen-bond donors (Lipinski definition) is 0. The summed E-state index contributed by atoms with van der Waals surface area (Å²) in [5, 5.41) is 0. The smallest absolute Gasteiger partial charge is 0.130 e. The predicted octanol–water partition coefficient (Wildman–Crippen LogP) is 3.40. The largest absolute Gasteiger partial charge is 0.303 e. The van der Waals surface area contributed by atoms with Crippen molar-refractivity contribution in [2.75, 3.05) is 0 Å². The van der Waals surface area contributed by atoms with Crippen molar-refractivity contribution in [3.8, 4) is 0 Å². The molecular formula is C14H17FO. The zero-order valence-electron chi connectivity index (χ0n) is 9.63. The van der Waals surface area contributed by atoms with Gasteiger partial charge in [-0.2, -0.15) is 0 Å². The number of aryl methyl sites for hydroxylation is 1. The Balaban J connectivity index is 2.37. The zero-order chi connectivity index (χ0) is 11.5. The maximum atomic E-state index is 14.2. The van der Waals surface area contributed by atoms with Gasteiger partial charge < -0.3 is 4.79 Å². The molecule has 0 heterocycles. The monoisotopic (exact) mass is 220 g/mol. The molecule has 0 aromatic heterocycles. The minimum atomic E-state index is -0.0634. The van der Waals surface area contributed by atoms with E-state index in [-0.39, 0.29) is 11.7 Å². The minimum Gasteiger partial charge on any atom is -0.303 e. The summed E-state index contributed by atoms with van der Waals surface area (Å²) in [6.07, 6.45) is 5.35. The lowest BCUT2D eigenvalue weighted by Crippen LogP contribution is -2.09. The van der Waals surface area contributed by atoms with Gasteiger partial charge in [0.25, 0.3) is 0 Å². The molecule has 1 aliphatic rings. The molecule has 2 heteroatoms. The van der Waals surface area contributed by atoms with Crippen LogP contribution in [0.25, 0.3) is 0 Å². The van der Waals surface area contributed by atoms with Crippen LogP contribution in [-0.4, -0.2) is 6.29 Å². The molecule has 0 N–H and O–H groups in total. The van der Waals surface area contributed by atoms with E-state index in [0.29, 0.717) is 12.0 Å². The van der Waals surface area contributed by atoms with E-state index < -0.39 is 0 Å². The SMILES string of the molecule is CC(CC=O)c1ccc2c(c1F)CCCC2. The molecule has 86 valence electrons. The standard InChI is InChI=1S/C14H17FO/c1-10(8-9-16)12-7-6-11-4-2-3-5-13(11)14(12)15/h6-7,9-10H,2-5,8H2,1H3. The molecule has 1 aromatic rings. The van der Waals surface area contributed by atoms with Crippen molar-refractivity contribution in [1.82, 2.24) is 0 Å². The van der Waals surface area contributed by atoms with Crippen LogP contribution in [0.5, 0.6) is 0 Å². The van der Waals surface area contributed by atoms with Gasteiger partial charge in [0.15, 0.2) is 0 Å². The van der Waals surface area contributed by atoms with Gasteiger partial charge in [-0.3, -0.25) is 0 Å². The van der Waals surface area contributed by atoms with Gasteiger partial charge >= 0.3 is 0 Å². The van der Waals surface area contributed by atoms with Gasteiger partial charge in [-0.15, -0.1) is 0 Å². The van der Waals surface area contributed by atoms with E-state index >= 15 is 0 Å². The van der Waals surface area contributed by atoms with Crippen LogP contribution in [0, 0.1) is 5.82 Å². The molecule has 0 bridgehead atoms. The number of benzene rings is 1. The Morgan fingerprint density at radius 2 is 2.12 bits per heavy atom. The molecule has 0 saturated heterocycles. The van der Waals surface area contributed by atoms with Crippen molar-refractivity contribution < 1.29 is 9.18 Å². The van der Waals surface area contributed by atoms with E-state index in [1.54, 1.807) is 0 Å². The van der Waals surface area contributed by atoms with Crippen LogP contribution in [0.1, 0.15) is 48.8 Å². The van der Waals surface area contributed by atoms with Crippen LogP contribution in [0.4, 0.5) is 4.39 Å².